The van der Waals surface area contributed by atoms with E-state index in [0.29, 0.717) is 47.9 Å². The predicted molar refractivity (Wildman–Crippen MR) is 136 cm³/mol. The summed E-state index contributed by atoms with van der Waals surface area (Å²) in [6.45, 7) is 0.677. The Balaban J connectivity index is 1.34. The van der Waals surface area contributed by atoms with Gasteiger partial charge in [-0.1, -0.05) is 42.5 Å². The van der Waals surface area contributed by atoms with Crippen molar-refractivity contribution >= 4 is 45.8 Å². The average Bonchev–Trinajstić information content (AvgIpc) is 3.19. The van der Waals surface area contributed by atoms with Gasteiger partial charge in [0.2, 0.25) is 11.8 Å². The topological polar surface area (TPSA) is 139 Å². The number of ether oxygens (including phenoxy) is 1. The number of para-hydroxylation sites is 1. The zero-order valence-electron chi connectivity index (χ0n) is 18.9. The molecule has 180 valence electrons. The zero-order valence-corrected chi connectivity index (χ0v) is 19.7. The number of benzene rings is 2. The highest BCUT2D eigenvalue weighted by atomic mass is 32.2. The number of aromatic nitrogens is 4. The van der Waals surface area contributed by atoms with Gasteiger partial charge in [-0.15, -0.1) is 0 Å². The first kappa shape index (κ1) is 23.2. The van der Waals surface area contributed by atoms with E-state index in [9.17, 15) is 14.4 Å². The smallest absolute Gasteiger partial charge is 0.290 e. The lowest BCUT2D eigenvalue weighted by molar-refractivity contribution is -0.115. The number of aromatic amines is 1. The fraction of sp³-hybridized carbons (Fsp3) is 0.120. The van der Waals surface area contributed by atoms with E-state index < -0.39 is 11.1 Å². The van der Waals surface area contributed by atoms with Crippen LogP contribution in [0.3, 0.4) is 0 Å². The highest BCUT2D eigenvalue weighted by Gasteiger charge is 2.25. The van der Waals surface area contributed by atoms with Crippen LogP contribution in [0.2, 0.25) is 0 Å². The molecule has 0 aliphatic carbocycles. The van der Waals surface area contributed by atoms with Gasteiger partial charge in [0.25, 0.3) is 16.7 Å². The molecule has 10 nitrogen and oxygen atoms in total. The van der Waals surface area contributed by atoms with Gasteiger partial charge in [-0.2, -0.15) is 4.98 Å². The van der Waals surface area contributed by atoms with Crippen LogP contribution in [-0.4, -0.2) is 37.6 Å². The Morgan fingerprint density at radius 3 is 2.58 bits per heavy atom. The van der Waals surface area contributed by atoms with Crippen LogP contribution < -0.4 is 20.9 Å². The van der Waals surface area contributed by atoms with Crippen LogP contribution in [0, 0.1) is 0 Å². The molecule has 4 aromatic rings. The minimum atomic E-state index is -0.476. The fourth-order valence-electron chi connectivity index (χ4n) is 3.50. The van der Waals surface area contributed by atoms with Crippen LogP contribution in [0.5, 0.6) is 5.88 Å². The molecule has 0 bridgehead atoms. The number of hydrogen-bond donors (Lipinski definition) is 3. The third kappa shape index (κ3) is 5.58. The molecule has 2 aromatic carbocycles. The van der Waals surface area contributed by atoms with Gasteiger partial charge in [0.1, 0.15) is 12.4 Å². The van der Waals surface area contributed by atoms with Crippen molar-refractivity contribution < 1.29 is 14.3 Å². The molecule has 2 amide bonds. The van der Waals surface area contributed by atoms with Crippen molar-refractivity contribution in [3.8, 4) is 5.88 Å². The second-order valence-corrected chi connectivity index (χ2v) is 8.80. The number of nitrogens with one attached hydrogen (secondary N) is 3. The maximum absolute atomic E-state index is 12.3. The van der Waals surface area contributed by atoms with Gasteiger partial charge >= 0.3 is 0 Å². The van der Waals surface area contributed by atoms with Crippen molar-refractivity contribution in [3.05, 3.63) is 93.0 Å². The molecule has 1 aliphatic heterocycles. The molecule has 3 N–H and O–H groups in total. The Labute approximate surface area is 209 Å². The molecule has 11 heteroatoms. The van der Waals surface area contributed by atoms with E-state index >= 15 is 0 Å². The molecule has 0 spiro atoms. The van der Waals surface area contributed by atoms with Crippen LogP contribution in [-0.2, 0) is 17.8 Å². The summed E-state index contributed by atoms with van der Waals surface area (Å²) in [6.07, 6.45) is 1.93. The quantitative estimate of drug-likeness (QED) is 0.311. The summed E-state index contributed by atoms with van der Waals surface area (Å²) in [4.78, 5) is 52.2. The Morgan fingerprint density at radius 2 is 1.78 bits per heavy atom. The zero-order chi connectivity index (χ0) is 24.9. The van der Waals surface area contributed by atoms with Gasteiger partial charge in [0, 0.05) is 19.0 Å². The molecule has 5 rings (SSSR count). The summed E-state index contributed by atoms with van der Waals surface area (Å²) in [5.74, 6) is 0.624. The Kier molecular flexibility index (Phi) is 6.72. The first-order chi connectivity index (χ1) is 17.5. The molecule has 1 fully saturated rings. The van der Waals surface area contributed by atoms with E-state index in [1.165, 1.54) is 6.08 Å². The van der Waals surface area contributed by atoms with Gasteiger partial charge in [0.15, 0.2) is 0 Å². The molecule has 0 atom stereocenters. The van der Waals surface area contributed by atoms with Crippen molar-refractivity contribution in [1.29, 1.82) is 0 Å². The third-order valence-corrected chi connectivity index (χ3v) is 5.99. The van der Waals surface area contributed by atoms with Crippen molar-refractivity contribution in [2.45, 2.75) is 13.0 Å². The minimum Gasteiger partial charge on any atom is -0.473 e. The maximum Gasteiger partial charge on any atom is 0.290 e. The Bertz CT molecular complexity index is 1540. The molecule has 0 unspecified atom stereocenters. The molecule has 1 aliphatic rings. The molecule has 0 radical (unpaired) electrons. The van der Waals surface area contributed by atoms with E-state index in [1.807, 2.05) is 36.4 Å². The van der Waals surface area contributed by atoms with Crippen molar-refractivity contribution in [3.63, 3.8) is 0 Å². The van der Waals surface area contributed by atoms with Crippen LogP contribution in [0.4, 0.5) is 10.7 Å². The van der Waals surface area contributed by atoms with Gasteiger partial charge in [-0.3, -0.25) is 19.7 Å². The lowest BCUT2D eigenvalue weighted by Gasteiger charge is -2.10. The third-order valence-electron chi connectivity index (χ3n) is 5.18. The van der Waals surface area contributed by atoms with Gasteiger partial charge in [0.05, 0.1) is 21.5 Å². The van der Waals surface area contributed by atoms with E-state index in [-0.39, 0.29) is 16.4 Å². The number of anilines is 1. The van der Waals surface area contributed by atoms with Crippen LogP contribution in [0.25, 0.3) is 17.0 Å². The van der Waals surface area contributed by atoms with Crippen LogP contribution in [0.15, 0.2) is 70.4 Å². The van der Waals surface area contributed by atoms with Crippen molar-refractivity contribution in [1.82, 2.24) is 25.3 Å². The Morgan fingerprint density at radius 1 is 0.972 bits per heavy atom. The number of nitrogens with zero attached hydrogens (tertiary/aromatic N) is 3. The second kappa shape index (κ2) is 10.4. The minimum absolute atomic E-state index is 0.195. The summed E-state index contributed by atoms with van der Waals surface area (Å²) in [6, 6.07) is 18.4. The van der Waals surface area contributed by atoms with E-state index in [4.69, 9.17) is 4.74 Å². The Hall–Kier alpha value is -4.51. The lowest BCUT2D eigenvalue weighted by atomic mass is 10.2. The number of amides is 2. The lowest BCUT2D eigenvalue weighted by Crippen LogP contribution is -2.18. The van der Waals surface area contributed by atoms with Gasteiger partial charge in [-0.25, -0.2) is 9.97 Å². The number of imide groups is 1. The van der Waals surface area contributed by atoms with Crippen LogP contribution in [0.1, 0.15) is 17.1 Å². The number of carbonyl (C=O) groups excluding carboxylic acids is 2. The molecular weight excluding hydrogens is 480 g/mol. The van der Waals surface area contributed by atoms with Crippen molar-refractivity contribution in [2.75, 3.05) is 11.9 Å². The predicted octanol–water partition coefficient (Wildman–Crippen LogP) is 3.27. The highest BCUT2D eigenvalue weighted by Crippen LogP contribution is 2.26. The summed E-state index contributed by atoms with van der Waals surface area (Å²) in [5.41, 5.74) is 1.80. The summed E-state index contributed by atoms with van der Waals surface area (Å²) < 4.78 is 5.86. The fourth-order valence-corrected chi connectivity index (χ4v) is 4.17. The van der Waals surface area contributed by atoms with Gasteiger partial charge in [-0.05, 0) is 35.5 Å². The normalized spacial score (nSPS) is 14.3. The largest absolute Gasteiger partial charge is 0.473 e. The first-order valence-electron chi connectivity index (χ1n) is 11.1. The summed E-state index contributed by atoms with van der Waals surface area (Å²) in [7, 11) is 0. The molecule has 0 saturated carbocycles. The maximum atomic E-state index is 12.3. The second-order valence-electron chi connectivity index (χ2n) is 7.79. The number of carbonyl (C=O) groups is 2. The summed E-state index contributed by atoms with van der Waals surface area (Å²) >= 11 is 0.806. The number of thioether (sulfide) groups is 1. The van der Waals surface area contributed by atoms with E-state index in [0.717, 1.165) is 17.3 Å². The first-order valence-corrected chi connectivity index (χ1v) is 11.9. The SMILES string of the molecule is O=C1NC(=O)/C(=C/c2cc(OCc3ccccc3)nc(NCCc3nc4ccccc4c(=O)[nH]3)n2)S1. The van der Waals surface area contributed by atoms with Crippen LogP contribution >= 0.6 is 11.8 Å². The monoisotopic (exact) mass is 500 g/mol. The number of fused-ring (bicyclic) bond motifs is 1. The van der Waals surface area contributed by atoms with Gasteiger partial charge < -0.3 is 15.0 Å². The number of hydrogen-bond acceptors (Lipinski definition) is 9. The van der Waals surface area contributed by atoms with E-state index in [2.05, 4.69) is 30.6 Å². The van der Waals surface area contributed by atoms with Crippen molar-refractivity contribution in [2.24, 2.45) is 0 Å². The van der Waals surface area contributed by atoms with E-state index in [1.54, 1.807) is 24.3 Å². The highest BCUT2D eigenvalue weighted by molar-refractivity contribution is 8.18. The standard InChI is InChI=1S/C25H20N6O4S/c32-22-17-8-4-5-9-18(17)28-20(29-22)10-11-26-24-27-16(12-19-23(33)31-25(34)36-19)13-21(30-24)35-14-15-6-2-1-3-7-15/h1-9,12-13H,10-11,14H2,(H,26,27,30)(H,28,29,32)(H,31,33,34)/b19-12-. The average molecular weight is 501 g/mol. The molecule has 2 aromatic heterocycles. The number of H-pyrrole nitrogens is 1. The molecule has 1 saturated heterocycles. The molecule has 3 heterocycles. The molecule has 36 heavy (non-hydrogen) atoms. The number of rotatable bonds is 8. The summed E-state index contributed by atoms with van der Waals surface area (Å²) in [5, 5.41) is 5.44. The molecular formula is C25H20N6O4S.